The Morgan fingerprint density at radius 3 is 2.64 bits per heavy atom. The van der Waals surface area contributed by atoms with Gasteiger partial charge in [0.15, 0.2) is 5.65 Å². The number of amides is 1. The van der Waals surface area contributed by atoms with Gasteiger partial charge >= 0.3 is 5.97 Å². The minimum Gasteiger partial charge on any atom is -0.481 e. The van der Waals surface area contributed by atoms with Crippen molar-refractivity contribution < 1.29 is 19.4 Å². The molecule has 2 aromatic rings. The van der Waals surface area contributed by atoms with Crippen LogP contribution in [0.2, 0.25) is 0 Å². The molecule has 0 radical (unpaired) electrons. The Morgan fingerprint density at radius 2 is 2.04 bits per heavy atom. The molecule has 1 atom stereocenters. The van der Waals surface area contributed by atoms with Crippen molar-refractivity contribution in [3.8, 4) is 0 Å². The Hall–Kier alpha value is -2.48. The van der Waals surface area contributed by atoms with E-state index in [4.69, 9.17) is 4.74 Å². The van der Waals surface area contributed by atoms with E-state index >= 15 is 0 Å². The number of pyridine rings is 1. The highest BCUT2D eigenvalue weighted by atomic mass is 16.5. The molecule has 0 aliphatic heterocycles. The summed E-state index contributed by atoms with van der Waals surface area (Å²) in [6.45, 7) is 11.1. The van der Waals surface area contributed by atoms with Crippen molar-refractivity contribution in [3.05, 3.63) is 23.5 Å². The molecule has 1 amide bonds. The Bertz CT molecular complexity index is 831. The molecule has 0 bridgehead atoms. The normalized spacial score (nSPS) is 12.5. The third kappa shape index (κ3) is 5.07. The lowest BCUT2D eigenvalue weighted by Crippen LogP contribution is -2.38. The third-order valence-corrected chi connectivity index (χ3v) is 4.54. The predicted molar refractivity (Wildman–Crippen MR) is 106 cm³/mol. The van der Waals surface area contributed by atoms with Gasteiger partial charge in [-0.1, -0.05) is 6.92 Å². The highest BCUT2D eigenvalue weighted by Gasteiger charge is 2.24. The summed E-state index contributed by atoms with van der Waals surface area (Å²) in [5, 5.41) is 14.4. The van der Waals surface area contributed by atoms with Gasteiger partial charge in [0.1, 0.15) is 0 Å². The number of hydrogen-bond donors (Lipinski definition) is 1. The predicted octanol–water partition coefficient (Wildman–Crippen LogP) is 2.91. The summed E-state index contributed by atoms with van der Waals surface area (Å²) in [4.78, 5) is 30.8. The number of carbonyl (C=O) groups excluding carboxylic acids is 1. The first kappa shape index (κ1) is 21.8. The molecule has 8 heteroatoms. The number of ether oxygens (including phenoxy) is 1. The Labute approximate surface area is 165 Å². The van der Waals surface area contributed by atoms with Crippen LogP contribution in [0, 0.1) is 12.8 Å². The van der Waals surface area contributed by atoms with Crippen LogP contribution in [0.4, 0.5) is 0 Å². The van der Waals surface area contributed by atoms with E-state index in [0.29, 0.717) is 42.8 Å². The standard InChI is InChI=1S/C20H30N4O4/c1-6-28-9-7-8-23(12-14(4)20(26)27)19(25)16-10-15(5)22-18-17(16)11-21-24(18)13(2)3/h10-11,13-14H,6-9,12H2,1-5H3,(H,26,27). The molecule has 8 nitrogen and oxygen atoms in total. The van der Waals surface area contributed by atoms with Crippen LogP contribution in [-0.4, -0.2) is 63.0 Å². The van der Waals surface area contributed by atoms with E-state index in [1.807, 2.05) is 27.7 Å². The smallest absolute Gasteiger partial charge is 0.308 e. The molecule has 2 heterocycles. The van der Waals surface area contributed by atoms with Crippen LogP contribution in [0.1, 0.15) is 56.2 Å². The monoisotopic (exact) mass is 390 g/mol. The second-order valence-corrected chi connectivity index (χ2v) is 7.27. The molecule has 0 spiro atoms. The lowest BCUT2D eigenvalue weighted by molar-refractivity contribution is -0.141. The van der Waals surface area contributed by atoms with Crippen LogP contribution in [0.15, 0.2) is 12.3 Å². The fourth-order valence-electron chi connectivity index (χ4n) is 3.05. The van der Waals surface area contributed by atoms with E-state index in [-0.39, 0.29) is 18.5 Å². The van der Waals surface area contributed by atoms with Crippen LogP contribution < -0.4 is 0 Å². The fraction of sp³-hybridized carbons (Fsp3) is 0.600. The van der Waals surface area contributed by atoms with E-state index in [2.05, 4.69) is 10.1 Å². The second-order valence-electron chi connectivity index (χ2n) is 7.27. The molecule has 0 saturated carbocycles. The van der Waals surface area contributed by atoms with Gasteiger partial charge in [0.25, 0.3) is 5.91 Å². The first-order valence-corrected chi connectivity index (χ1v) is 9.70. The van der Waals surface area contributed by atoms with Gasteiger partial charge in [-0.05, 0) is 40.2 Å². The number of carboxylic acids is 1. The lowest BCUT2D eigenvalue weighted by Gasteiger charge is -2.25. The summed E-state index contributed by atoms with van der Waals surface area (Å²) in [7, 11) is 0. The molecule has 0 saturated heterocycles. The largest absolute Gasteiger partial charge is 0.481 e. The van der Waals surface area contributed by atoms with Crippen molar-refractivity contribution in [2.24, 2.45) is 5.92 Å². The van der Waals surface area contributed by atoms with Crippen molar-refractivity contribution in [1.82, 2.24) is 19.7 Å². The van der Waals surface area contributed by atoms with Crippen molar-refractivity contribution in [2.45, 2.75) is 47.1 Å². The van der Waals surface area contributed by atoms with Crippen LogP contribution in [0.3, 0.4) is 0 Å². The lowest BCUT2D eigenvalue weighted by atomic mass is 10.1. The number of aliphatic carboxylic acids is 1. The highest BCUT2D eigenvalue weighted by Crippen LogP contribution is 2.23. The van der Waals surface area contributed by atoms with Gasteiger partial charge in [-0.15, -0.1) is 0 Å². The summed E-state index contributed by atoms with van der Waals surface area (Å²) in [5.41, 5.74) is 1.89. The van der Waals surface area contributed by atoms with E-state index in [1.54, 1.807) is 28.8 Å². The number of carboxylic acid groups (broad SMARTS) is 1. The molecule has 0 aromatic carbocycles. The number of aryl methyl sites for hydroxylation is 1. The number of nitrogens with zero attached hydrogens (tertiary/aromatic N) is 4. The first-order valence-electron chi connectivity index (χ1n) is 9.70. The average molecular weight is 390 g/mol. The van der Waals surface area contributed by atoms with Gasteiger partial charge in [0.05, 0.1) is 23.1 Å². The molecule has 0 aliphatic carbocycles. The summed E-state index contributed by atoms with van der Waals surface area (Å²) in [6, 6.07) is 1.86. The molecular formula is C20H30N4O4. The molecule has 2 rings (SSSR count). The molecule has 1 unspecified atom stereocenters. The zero-order chi connectivity index (χ0) is 20.8. The Balaban J connectivity index is 2.37. The van der Waals surface area contributed by atoms with Crippen molar-refractivity contribution in [1.29, 1.82) is 0 Å². The van der Waals surface area contributed by atoms with Crippen molar-refractivity contribution in [2.75, 3.05) is 26.3 Å². The van der Waals surface area contributed by atoms with Crippen LogP contribution in [0.25, 0.3) is 11.0 Å². The van der Waals surface area contributed by atoms with Crippen molar-refractivity contribution >= 4 is 22.9 Å². The maximum absolute atomic E-state index is 13.3. The Morgan fingerprint density at radius 1 is 1.32 bits per heavy atom. The fourth-order valence-corrected chi connectivity index (χ4v) is 3.05. The van der Waals surface area contributed by atoms with E-state index in [9.17, 15) is 14.7 Å². The summed E-state index contributed by atoms with van der Waals surface area (Å²) < 4.78 is 7.15. The minimum absolute atomic E-state index is 0.115. The van der Waals surface area contributed by atoms with Gasteiger partial charge < -0.3 is 14.7 Å². The zero-order valence-electron chi connectivity index (χ0n) is 17.3. The van der Waals surface area contributed by atoms with Gasteiger partial charge in [0.2, 0.25) is 0 Å². The third-order valence-electron chi connectivity index (χ3n) is 4.54. The number of rotatable bonds is 10. The van der Waals surface area contributed by atoms with Crippen LogP contribution in [-0.2, 0) is 9.53 Å². The maximum atomic E-state index is 13.3. The topological polar surface area (TPSA) is 97.6 Å². The van der Waals surface area contributed by atoms with Crippen molar-refractivity contribution in [3.63, 3.8) is 0 Å². The quantitative estimate of drug-likeness (QED) is 0.627. The van der Waals surface area contributed by atoms with E-state index in [1.165, 1.54) is 0 Å². The maximum Gasteiger partial charge on any atom is 0.308 e. The van der Waals surface area contributed by atoms with E-state index < -0.39 is 11.9 Å². The van der Waals surface area contributed by atoms with Gasteiger partial charge in [-0.3, -0.25) is 9.59 Å². The van der Waals surface area contributed by atoms with Crippen LogP contribution >= 0.6 is 0 Å². The summed E-state index contributed by atoms with van der Waals surface area (Å²) in [5.74, 6) is -1.79. The molecule has 0 aliphatic rings. The number of aromatic nitrogens is 3. The SMILES string of the molecule is CCOCCCN(CC(C)C(=O)O)C(=O)c1cc(C)nc2c1cnn2C(C)C. The molecule has 0 fully saturated rings. The molecule has 2 aromatic heterocycles. The minimum atomic E-state index is -0.925. The zero-order valence-corrected chi connectivity index (χ0v) is 17.3. The molecular weight excluding hydrogens is 360 g/mol. The molecule has 1 N–H and O–H groups in total. The van der Waals surface area contributed by atoms with E-state index in [0.717, 1.165) is 5.69 Å². The Kier molecular flexibility index (Phi) is 7.51. The number of hydrogen-bond acceptors (Lipinski definition) is 5. The summed E-state index contributed by atoms with van der Waals surface area (Å²) in [6.07, 6.45) is 2.30. The van der Waals surface area contributed by atoms with Gasteiger partial charge in [-0.2, -0.15) is 5.10 Å². The first-order chi connectivity index (χ1) is 13.3. The van der Waals surface area contributed by atoms with Crippen LogP contribution in [0.5, 0.6) is 0 Å². The molecule has 154 valence electrons. The number of fused-ring (bicyclic) bond motifs is 1. The second kappa shape index (κ2) is 9.64. The number of carbonyl (C=O) groups is 2. The molecule has 28 heavy (non-hydrogen) atoms. The summed E-state index contributed by atoms with van der Waals surface area (Å²) >= 11 is 0. The van der Waals surface area contributed by atoms with Gasteiger partial charge in [0, 0.05) is 38.0 Å². The van der Waals surface area contributed by atoms with Gasteiger partial charge in [-0.25, -0.2) is 9.67 Å². The highest BCUT2D eigenvalue weighted by molar-refractivity contribution is 6.05. The average Bonchev–Trinajstić information content (AvgIpc) is 3.06.